The minimum Gasteiger partial charge on any atom is -0.352 e. The molecule has 1 aromatic carbocycles. The van der Waals surface area contributed by atoms with Crippen molar-refractivity contribution in [2.75, 3.05) is 31.1 Å². The zero-order chi connectivity index (χ0) is 20.4. The Morgan fingerprint density at radius 3 is 2.86 bits per heavy atom. The third kappa shape index (κ3) is 4.12. The SMILES string of the molecule is Cc1cc(C(=O)NCCC(=O)N2CCc3sccc3C2)ccc1N1CCNC1=O. The fraction of sp³-hybridized carbons (Fsp3) is 0.381. The summed E-state index contributed by atoms with van der Waals surface area (Å²) in [6.45, 7) is 4.84. The number of hydrogen-bond donors (Lipinski definition) is 2. The highest BCUT2D eigenvalue weighted by molar-refractivity contribution is 7.10. The molecule has 1 saturated heterocycles. The first-order chi connectivity index (χ1) is 14.0. The maximum atomic E-state index is 12.5. The maximum Gasteiger partial charge on any atom is 0.322 e. The smallest absolute Gasteiger partial charge is 0.322 e. The van der Waals surface area contributed by atoms with Crippen LogP contribution >= 0.6 is 11.3 Å². The Labute approximate surface area is 173 Å². The van der Waals surface area contributed by atoms with Crippen LogP contribution in [-0.2, 0) is 17.8 Å². The molecular weight excluding hydrogens is 388 g/mol. The van der Waals surface area contributed by atoms with E-state index in [9.17, 15) is 14.4 Å². The lowest BCUT2D eigenvalue weighted by Crippen LogP contribution is -2.37. The molecule has 2 N–H and O–H groups in total. The predicted octanol–water partition coefficient (Wildman–Crippen LogP) is 2.29. The van der Waals surface area contributed by atoms with Crippen molar-refractivity contribution in [3.8, 4) is 0 Å². The van der Waals surface area contributed by atoms with Gasteiger partial charge in [-0.2, -0.15) is 0 Å². The van der Waals surface area contributed by atoms with Gasteiger partial charge in [-0.05, 0) is 54.1 Å². The topological polar surface area (TPSA) is 81.8 Å². The lowest BCUT2D eigenvalue weighted by molar-refractivity contribution is -0.131. The molecular formula is C21H24N4O3S. The molecule has 2 aromatic rings. The first-order valence-electron chi connectivity index (χ1n) is 9.80. The Morgan fingerprint density at radius 1 is 1.24 bits per heavy atom. The molecule has 0 radical (unpaired) electrons. The number of nitrogens with zero attached hydrogens (tertiary/aromatic N) is 2. The third-order valence-electron chi connectivity index (χ3n) is 5.39. The van der Waals surface area contributed by atoms with Crippen LogP contribution in [0.1, 0.15) is 32.8 Å². The van der Waals surface area contributed by atoms with Crippen molar-refractivity contribution in [2.24, 2.45) is 0 Å². The molecule has 152 valence electrons. The number of rotatable bonds is 5. The van der Waals surface area contributed by atoms with Gasteiger partial charge in [0.25, 0.3) is 5.91 Å². The quantitative estimate of drug-likeness (QED) is 0.791. The highest BCUT2D eigenvalue weighted by Gasteiger charge is 2.23. The van der Waals surface area contributed by atoms with Crippen molar-refractivity contribution >= 4 is 34.9 Å². The van der Waals surface area contributed by atoms with Gasteiger partial charge >= 0.3 is 6.03 Å². The molecule has 1 fully saturated rings. The van der Waals surface area contributed by atoms with Crippen LogP contribution in [-0.4, -0.2) is 48.9 Å². The van der Waals surface area contributed by atoms with E-state index in [1.165, 1.54) is 10.4 Å². The molecule has 3 heterocycles. The second kappa shape index (κ2) is 8.24. The number of amides is 4. The minimum atomic E-state index is -0.211. The molecule has 29 heavy (non-hydrogen) atoms. The van der Waals surface area contributed by atoms with Gasteiger partial charge in [-0.1, -0.05) is 0 Å². The summed E-state index contributed by atoms with van der Waals surface area (Å²) in [6.07, 6.45) is 1.20. The number of carbonyl (C=O) groups excluding carboxylic acids is 3. The van der Waals surface area contributed by atoms with E-state index in [0.29, 0.717) is 31.7 Å². The van der Waals surface area contributed by atoms with E-state index in [2.05, 4.69) is 22.1 Å². The van der Waals surface area contributed by atoms with E-state index in [-0.39, 0.29) is 24.3 Å². The summed E-state index contributed by atoms with van der Waals surface area (Å²) in [6, 6.07) is 7.26. The first-order valence-corrected chi connectivity index (χ1v) is 10.7. The molecule has 4 rings (SSSR count). The van der Waals surface area contributed by atoms with Crippen molar-refractivity contribution in [1.29, 1.82) is 0 Å². The van der Waals surface area contributed by atoms with E-state index >= 15 is 0 Å². The van der Waals surface area contributed by atoms with Gasteiger partial charge in [0.1, 0.15) is 0 Å². The normalized spacial score (nSPS) is 15.8. The van der Waals surface area contributed by atoms with Crippen molar-refractivity contribution in [2.45, 2.75) is 26.3 Å². The van der Waals surface area contributed by atoms with Gasteiger partial charge in [0.15, 0.2) is 0 Å². The van der Waals surface area contributed by atoms with Crippen molar-refractivity contribution < 1.29 is 14.4 Å². The van der Waals surface area contributed by atoms with Crippen molar-refractivity contribution in [3.63, 3.8) is 0 Å². The van der Waals surface area contributed by atoms with E-state index in [0.717, 1.165) is 24.2 Å². The molecule has 7 nitrogen and oxygen atoms in total. The fourth-order valence-electron chi connectivity index (χ4n) is 3.81. The van der Waals surface area contributed by atoms with Crippen molar-refractivity contribution in [3.05, 3.63) is 51.2 Å². The van der Waals surface area contributed by atoms with Gasteiger partial charge in [-0.25, -0.2) is 4.79 Å². The largest absolute Gasteiger partial charge is 0.352 e. The van der Waals surface area contributed by atoms with Gasteiger partial charge < -0.3 is 15.5 Å². The number of carbonyl (C=O) groups is 3. The second-order valence-corrected chi connectivity index (χ2v) is 8.33. The summed E-state index contributed by atoms with van der Waals surface area (Å²) in [5, 5.41) is 7.68. The summed E-state index contributed by atoms with van der Waals surface area (Å²) in [5.74, 6) is -0.147. The highest BCUT2D eigenvalue weighted by atomic mass is 32.1. The summed E-state index contributed by atoms with van der Waals surface area (Å²) in [7, 11) is 0. The number of aryl methyl sites for hydroxylation is 1. The maximum absolute atomic E-state index is 12.5. The number of thiophene rings is 1. The summed E-state index contributed by atoms with van der Waals surface area (Å²) < 4.78 is 0. The van der Waals surface area contributed by atoms with E-state index in [1.807, 2.05) is 11.8 Å². The zero-order valence-corrected chi connectivity index (χ0v) is 17.2. The van der Waals surface area contributed by atoms with Crippen LogP contribution in [0, 0.1) is 6.92 Å². The molecule has 2 aliphatic rings. The number of urea groups is 1. The molecule has 0 unspecified atom stereocenters. The molecule has 0 saturated carbocycles. The molecule has 0 atom stereocenters. The molecule has 0 bridgehead atoms. The standard InChI is InChI=1S/C21H24N4O3S/c1-14-12-15(2-3-17(14)25-10-8-23-21(25)28)20(27)22-7-4-19(26)24-9-5-18-16(13-24)6-11-29-18/h2-3,6,11-12H,4-5,7-10,13H2,1H3,(H,22,27)(H,23,28). The summed E-state index contributed by atoms with van der Waals surface area (Å²) in [5.41, 5.74) is 3.44. The number of nitrogens with one attached hydrogen (secondary N) is 2. The molecule has 2 aliphatic heterocycles. The zero-order valence-electron chi connectivity index (χ0n) is 16.4. The van der Waals surface area contributed by atoms with E-state index in [1.54, 1.807) is 34.4 Å². The Morgan fingerprint density at radius 2 is 2.10 bits per heavy atom. The Kier molecular flexibility index (Phi) is 5.53. The van der Waals surface area contributed by atoms with Gasteiger partial charge in [0.2, 0.25) is 5.91 Å². The fourth-order valence-corrected chi connectivity index (χ4v) is 4.70. The number of anilines is 1. The third-order valence-corrected chi connectivity index (χ3v) is 6.41. The van der Waals surface area contributed by atoms with Crippen LogP contribution in [0.25, 0.3) is 0 Å². The summed E-state index contributed by atoms with van der Waals surface area (Å²) in [4.78, 5) is 41.7. The van der Waals surface area contributed by atoms with Crippen molar-refractivity contribution in [1.82, 2.24) is 15.5 Å². The highest BCUT2D eigenvalue weighted by Crippen LogP contribution is 2.24. The van der Waals surface area contributed by atoms with Crippen LogP contribution in [0.4, 0.5) is 10.5 Å². The number of benzene rings is 1. The monoisotopic (exact) mass is 412 g/mol. The average molecular weight is 413 g/mol. The predicted molar refractivity (Wildman–Crippen MR) is 112 cm³/mol. The lowest BCUT2D eigenvalue weighted by atomic mass is 10.1. The van der Waals surface area contributed by atoms with Crippen LogP contribution < -0.4 is 15.5 Å². The Hall–Kier alpha value is -2.87. The van der Waals surface area contributed by atoms with Crippen LogP contribution in [0.2, 0.25) is 0 Å². The summed E-state index contributed by atoms with van der Waals surface area (Å²) >= 11 is 1.75. The van der Waals surface area contributed by atoms with Crippen LogP contribution in [0.15, 0.2) is 29.6 Å². The van der Waals surface area contributed by atoms with E-state index < -0.39 is 0 Å². The molecule has 8 heteroatoms. The van der Waals surface area contributed by atoms with Gasteiger partial charge in [0.05, 0.1) is 0 Å². The average Bonchev–Trinajstić information content (AvgIpc) is 3.35. The molecule has 0 aliphatic carbocycles. The minimum absolute atomic E-state index is 0.0636. The molecule has 1 aromatic heterocycles. The second-order valence-electron chi connectivity index (χ2n) is 7.33. The van der Waals surface area contributed by atoms with Crippen LogP contribution in [0.3, 0.4) is 0 Å². The molecule has 0 spiro atoms. The molecule has 4 amide bonds. The van der Waals surface area contributed by atoms with Gasteiger partial charge in [0, 0.05) is 55.3 Å². The van der Waals surface area contributed by atoms with Crippen LogP contribution in [0.5, 0.6) is 0 Å². The van der Waals surface area contributed by atoms with Gasteiger partial charge in [-0.3, -0.25) is 14.5 Å². The number of hydrogen-bond acceptors (Lipinski definition) is 4. The van der Waals surface area contributed by atoms with E-state index in [4.69, 9.17) is 0 Å². The number of fused-ring (bicyclic) bond motifs is 1. The Balaban J connectivity index is 1.29. The first kappa shape index (κ1) is 19.4. The Bertz CT molecular complexity index is 955. The lowest BCUT2D eigenvalue weighted by Gasteiger charge is -2.27. The van der Waals surface area contributed by atoms with Gasteiger partial charge in [-0.15, -0.1) is 11.3 Å².